The Balaban J connectivity index is 1.46. The number of carbonyl (C=O) groups excluding carboxylic acids is 2. The van der Waals surface area contributed by atoms with Gasteiger partial charge in [-0.1, -0.05) is 0 Å². The van der Waals surface area contributed by atoms with Crippen molar-refractivity contribution in [2.24, 2.45) is 11.7 Å². The van der Waals surface area contributed by atoms with E-state index in [1.807, 2.05) is 0 Å². The van der Waals surface area contributed by atoms with Crippen LogP contribution in [-0.2, 0) is 16.1 Å². The first-order valence-corrected chi connectivity index (χ1v) is 10.8. The van der Waals surface area contributed by atoms with Gasteiger partial charge in [-0.25, -0.2) is 8.78 Å². The second-order valence-corrected chi connectivity index (χ2v) is 8.26. The number of hydrogen-bond acceptors (Lipinski definition) is 6. The minimum absolute atomic E-state index is 0.132. The summed E-state index contributed by atoms with van der Waals surface area (Å²) in [5.41, 5.74) is 8.39. The van der Waals surface area contributed by atoms with Crippen molar-refractivity contribution in [3.05, 3.63) is 42.1 Å². The average molecular weight is 460 g/mol. The van der Waals surface area contributed by atoms with Crippen LogP contribution in [0.4, 0.5) is 14.5 Å². The minimum Gasteiger partial charge on any atom is -0.487 e. The highest BCUT2D eigenvalue weighted by molar-refractivity contribution is 5.95. The Morgan fingerprint density at radius 1 is 1.24 bits per heavy atom. The molecule has 1 aromatic carbocycles. The lowest BCUT2D eigenvalue weighted by Crippen LogP contribution is -2.50. The molecule has 2 amide bonds. The van der Waals surface area contributed by atoms with Gasteiger partial charge in [-0.05, 0) is 36.8 Å². The number of amides is 2. The Morgan fingerprint density at radius 2 is 2.03 bits per heavy atom. The number of aliphatic hydroxyl groups excluding tert-OH is 1. The van der Waals surface area contributed by atoms with Gasteiger partial charge >= 0.3 is 0 Å². The number of anilines is 1. The van der Waals surface area contributed by atoms with Crippen LogP contribution in [0, 0.1) is 5.92 Å². The van der Waals surface area contributed by atoms with Crippen LogP contribution in [-0.4, -0.2) is 64.9 Å². The van der Waals surface area contributed by atoms with Gasteiger partial charge in [0.1, 0.15) is 24.6 Å². The lowest BCUT2D eigenvalue weighted by molar-refractivity contribution is -0.138. The van der Waals surface area contributed by atoms with Crippen LogP contribution in [0.5, 0.6) is 5.75 Å². The normalized spacial score (nSPS) is 24.3. The zero-order chi connectivity index (χ0) is 23.5. The van der Waals surface area contributed by atoms with Gasteiger partial charge in [0.2, 0.25) is 11.8 Å². The number of nitrogens with zero attached hydrogens (tertiary/aromatic N) is 2. The molecule has 1 saturated heterocycles. The number of nitrogens with two attached hydrogens (primary N) is 1. The van der Waals surface area contributed by atoms with E-state index < -0.39 is 36.9 Å². The van der Waals surface area contributed by atoms with E-state index in [4.69, 9.17) is 15.6 Å². The van der Waals surface area contributed by atoms with Crippen molar-refractivity contribution in [1.82, 2.24) is 9.88 Å². The molecule has 1 aliphatic heterocycles. The third kappa shape index (κ3) is 5.28. The summed E-state index contributed by atoms with van der Waals surface area (Å²) in [6.45, 7) is -0.329. The Hall–Kier alpha value is -3.11. The quantitative estimate of drug-likeness (QED) is 0.580. The number of ether oxygens (including phenoxy) is 1. The van der Waals surface area contributed by atoms with Gasteiger partial charge in [-0.15, -0.1) is 0 Å². The Kier molecular flexibility index (Phi) is 6.85. The summed E-state index contributed by atoms with van der Waals surface area (Å²) in [5.74, 6) is -0.993. The molecule has 2 aliphatic rings. The number of alkyl halides is 2. The number of halogens is 2. The predicted molar refractivity (Wildman–Crippen MR) is 117 cm³/mol. The minimum atomic E-state index is -1.39. The fourth-order valence-corrected chi connectivity index (χ4v) is 3.86. The molecule has 4 rings (SSSR count). The highest BCUT2D eigenvalue weighted by Gasteiger charge is 2.43. The van der Waals surface area contributed by atoms with E-state index in [0.717, 1.165) is 5.56 Å². The van der Waals surface area contributed by atoms with Crippen molar-refractivity contribution < 1.29 is 28.2 Å². The topological polar surface area (TPSA) is 118 Å². The smallest absolute Gasteiger partial charge is 0.248 e. The zero-order valence-corrected chi connectivity index (χ0v) is 17.9. The monoisotopic (exact) mass is 460 g/mol. The highest BCUT2D eigenvalue weighted by atomic mass is 19.1. The van der Waals surface area contributed by atoms with E-state index >= 15 is 0 Å². The molecule has 8 nitrogen and oxygen atoms in total. The maximum absolute atomic E-state index is 14.6. The van der Waals surface area contributed by atoms with Crippen molar-refractivity contribution in [2.45, 2.75) is 37.8 Å². The third-order valence-electron chi connectivity index (χ3n) is 5.90. The Labute approximate surface area is 189 Å². The molecular weight excluding hydrogens is 434 g/mol. The van der Waals surface area contributed by atoms with Crippen LogP contribution < -0.4 is 15.8 Å². The molecule has 0 radical (unpaired) electrons. The number of hydrogen-bond donors (Lipinski definition) is 3. The average Bonchev–Trinajstić information content (AvgIpc) is 3.57. The number of nitrogens with one attached hydrogen (secondary N) is 1. The SMILES string of the molecule is NCc1cc(-c2cc(NC(=O)[C@H]3C[C@@H]3F)ccn2)ccc1O[C@H]1CCN(C(=O)CO)C[C@H]1F. The first-order valence-electron chi connectivity index (χ1n) is 10.8. The van der Waals surface area contributed by atoms with Gasteiger partial charge in [-0.2, -0.15) is 0 Å². The van der Waals surface area contributed by atoms with E-state index in [2.05, 4.69) is 10.3 Å². The summed E-state index contributed by atoms with van der Waals surface area (Å²) in [4.78, 5) is 29.2. The molecule has 4 atom stereocenters. The molecule has 2 heterocycles. The maximum Gasteiger partial charge on any atom is 0.248 e. The number of benzene rings is 1. The van der Waals surface area contributed by atoms with Crippen LogP contribution in [0.1, 0.15) is 18.4 Å². The number of rotatable bonds is 7. The molecule has 1 aliphatic carbocycles. The Morgan fingerprint density at radius 3 is 2.70 bits per heavy atom. The zero-order valence-electron chi connectivity index (χ0n) is 17.9. The fourth-order valence-electron chi connectivity index (χ4n) is 3.86. The predicted octanol–water partition coefficient (Wildman–Crippen LogP) is 1.81. The lowest BCUT2D eigenvalue weighted by atomic mass is 10.0. The highest BCUT2D eigenvalue weighted by Crippen LogP contribution is 2.35. The van der Waals surface area contributed by atoms with Crippen molar-refractivity contribution in [3.63, 3.8) is 0 Å². The lowest BCUT2D eigenvalue weighted by Gasteiger charge is -2.34. The van der Waals surface area contributed by atoms with Crippen molar-refractivity contribution in [3.8, 4) is 17.0 Å². The van der Waals surface area contributed by atoms with E-state index in [1.165, 1.54) is 4.90 Å². The Bertz CT molecular complexity index is 1040. The molecule has 0 unspecified atom stereocenters. The van der Waals surface area contributed by atoms with Gasteiger partial charge < -0.3 is 25.8 Å². The summed E-state index contributed by atoms with van der Waals surface area (Å²) in [5, 5.41) is 11.7. The number of aliphatic hydroxyl groups is 1. The first kappa shape index (κ1) is 23.1. The van der Waals surface area contributed by atoms with E-state index in [1.54, 1.807) is 36.5 Å². The molecule has 1 saturated carbocycles. The molecule has 2 aromatic rings. The molecule has 10 heteroatoms. The summed E-state index contributed by atoms with van der Waals surface area (Å²) in [6, 6.07) is 8.57. The second-order valence-electron chi connectivity index (χ2n) is 8.26. The number of piperidine rings is 1. The van der Waals surface area contributed by atoms with E-state index in [9.17, 15) is 18.4 Å². The molecule has 2 fully saturated rings. The number of pyridine rings is 1. The number of aromatic nitrogens is 1. The molecular formula is C23H26F2N4O4. The van der Waals surface area contributed by atoms with Crippen LogP contribution in [0.2, 0.25) is 0 Å². The maximum atomic E-state index is 14.6. The summed E-state index contributed by atoms with van der Waals surface area (Å²) >= 11 is 0. The fraction of sp³-hybridized carbons (Fsp3) is 0.435. The van der Waals surface area contributed by atoms with Crippen molar-refractivity contribution in [2.75, 3.05) is 25.0 Å². The molecule has 176 valence electrons. The van der Waals surface area contributed by atoms with Crippen molar-refractivity contribution >= 4 is 17.5 Å². The number of carbonyl (C=O) groups is 2. The standard InChI is InChI=1S/C23H26F2N4O4/c24-17-9-16(17)23(32)28-15-3-5-27-19(8-15)13-1-2-20(14(7-13)10-26)33-21-4-6-29(11-18(21)25)22(31)12-30/h1-3,5,7-8,16-18,21,30H,4,6,9-12,26H2,(H,27,28,32)/t16-,17-,18+,21-/m0/s1. The van der Waals surface area contributed by atoms with Crippen LogP contribution >= 0.6 is 0 Å². The number of likely N-dealkylation sites (tertiary alicyclic amines) is 1. The van der Waals surface area contributed by atoms with Crippen molar-refractivity contribution in [1.29, 1.82) is 0 Å². The molecule has 0 bridgehead atoms. The van der Waals surface area contributed by atoms with Gasteiger partial charge in [0.25, 0.3) is 0 Å². The summed E-state index contributed by atoms with van der Waals surface area (Å²) < 4.78 is 33.6. The second kappa shape index (κ2) is 9.80. The largest absolute Gasteiger partial charge is 0.487 e. The van der Waals surface area contributed by atoms with Gasteiger partial charge in [0.15, 0.2) is 6.17 Å². The first-order chi connectivity index (χ1) is 15.9. The molecule has 1 aromatic heterocycles. The van der Waals surface area contributed by atoms with Gasteiger partial charge in [0, 0.05) is 42.5 Å². The molecule has 33 heavy (non-hydrogen) atoms. The van der Waals surface area contributed by atoms with E-state index in [0.29, 0.717) is 35.7 Å². The third-order valence-corrected chi connectivity index (χ3v) is 5.90. The molecule has 0 spiro atoms. The van der Waals surface area contributed by atoms with E-state index in [-0.39, 0.29) is 25.4 Å². The summed E-state index contributed by atoms with van der Waals surface area (Å²) in [6.07, 6.45) is -1.10. The van der Waals surface area contributed by atoms with Gasteiger partial charge in [0.05, 0.1) is 18.2 Å². The van der Waals surface area contributed by atoms with Crippen LogP contribution in [0.15, 0.2) is 36.5 Å². The summed E-state index contributed by atoms with van der Waals surface area (Å²) in [7, 11) is 0. The molecule has 4 N–H and O–H groups in total. The van der Waals surface area contributed by atoms with Gasteiger partial charge in [-0.3, -0.25) is 14.6 Å². The van der Waals surface area contributed by atoms with Crippen LogP contribution in [0.3, 0.4) is 0 Å². The van der Waals surface area contributed by atoms with Crippen LogP contribution in [0.25, 0.3) is 11.3 Å².